The van der Waals surface area contributed by atoms with E-state index in [0.717, 1.165) is 29.7 Å². The standard InChI is InChI=1S/C15H21N3O3/c1-5-6-9-14(17-18-15(9)16)10-7-12(20-3)13(21-4)8-11(10)19-2/h7-8H,5-6H2,1-4H3,(H3,16,17,18). The van der Waals surface area contributed by atoms with E-state index in [1.165, 1.54) is 0 Å². The van der Waals surface area contributed by atoms with Crippen molar-refractivity contribution in [1.29, 1.82) is 0 Å². The highest BCUT2D eigenvalue weighted by molar-refractivity contribution is 5.76. The lowest BCUT2D eigenvalue weighted by Crippen LogP contribution is -1.97. The lowest BCUT2D eigenvalue weighted by Gasteiger charge is -2.14. The highest BCUT2D eigenvalue weighted by Crippen LogP contribution is 2.41. The minimum Gasteiger partial charge on any atom is -0.496 e. The molecule has 3 N–H and O–H groups in total. The molecule has 0 atom stereocenters. The average molecular weight is 291 g/mol. The van der Waals surface area contributed by atoms with Crippen LogP contribution in [0.2, 0.25) is 0 Å². The molecule has 0 aliphatic carbocycles. The smallest absolute Gasteiger partial charge is 0.164 e. The fourth-order valence-electron chi connectivity index (χ4n) is 2.33. The van der Waals surface area contributed by atoms with E-state index in [9.17, 15) is 0 Å². The van der Waals surface area contributed by atoms with Gasteiger partial charge in [0, 0.05) is 17.2 Å². The first-order valence-corrected chi connectivity index (χ1v) is 6.79. The first-order valence-electron chi connectivity index (χ1n) is 6.79. The average Bonchev–Trinajstić information content (AvgIpc) is 2.87. The number of hydrogen-bond donors (Lipinski definition) is 2. The van der Waals surface area contributed by atoms with E-state index in [2.05, 4.69) is 17.1 Å². The molecule has 1 heterocycles. The Balaban J connectivity index is 2.62. The van der Waals surface area contributed by atoms with Gasteiger partial charge in [-0.3, -0.25) is 5.10 Å². The van der Waals surface area contributed by atoms with Gasteiger partial charge in [0.1, 0.15) is 11.6 Å². The molecule has 0 aliphatic rings. The normalized spacial score (nSPS) is 10.5. The number of aromatic nitrogens is 2. The number of benzene rings is 1. The number of hydrogen-bond acceptors (Lipinski definition) is 5. The molecule has 2 rings (SSSR count). The Labute approximate surface area is 124 Å². The van der Waals surface area contributed by atoms with Crippen LogP contribution < -0.4 is 19.9 Å². The van der Waals surface area contributed by atoms with Crippen molar-refractivity contribution >= 4 is 5.82 Å². The van der Waals surface area contributed by atoms with Crippen LogP contribution in [0.25, 0.3) is 11.3 Å². The van der Waals surface area contributed by atoms with Crippen LogP contribution >= 0.6 is 0 Å². The van der Waals surface area contributed by atoms with Crippen LogP contribution in [0.1, 0.15) is 18.9 Å². The summed E-state index contributed by atoms with van der Waals surface area (Å²) < 4.78 is 16.1. The van der Waals surface area contributed by atoms with Crippen molar-refractivity contribution in [2.75, 3.05) is 27.1 Å². The van der Waals surface area contributed by atoms with E-state index in [1.54, 1.807) is 27.4 Å². The number of anilines is 1. The van der Waals surface area contributed by atoms with Gasteiger partial charge in [-0.15, -0.1) is 0 Å². The summed E-state index contributed by atoms with van der Waals surface area (Å²) in [5, 5.41) is 7.10. The van der Waals surface area contributed by atoms with Crippen molar-refractivity contribution in [3.05, 3.63) is 17.7 Å². The Kier molecular flexibility index (Phi) is 4.57. The number of methoxy groups -OCH3 is 3. The highest BCUT2D eigenvalue weighted by atomic mass is 16.5. The van der Waals surface area contributed by atoms with E-state index in [0.29, 0.717) is 23.1 Å². The first kappa shape index (κ1) is 15.0. The van der Waals surface area contributed by atoms with E-state index < -0.39 is 0 Å². The lowest BCUT2D eigenvalue weighted by molar-refractivity contribution is 0.349. The number of nitrogens with one attached hydrogen (secondary N) is 1. The second-order valence-corrected chi connectivity index (χ2v) is 4.62. The zero-order chi connectivity index (χ0) is 15.4. The molecule has 0 bridgehead atoms. The van der Waals surface area contributed by atoms with Crippen molar-refractivity contribution in [3.63, 3.8) is 0 Å². The molecular formula is C15H21N3O3. The predicted octanol–water partition coefficient (Wildman–Crippen LogP) is 2.64. The molecule has 1 aromatic carbocycles. The van der Waals surface area contributed by atoms with Crippen molar-refractivity contribution in [2.24, 2.45) is 0 Å². The monoisotopic (exact) mass is 291 g/mol. The molecule has 0 aliphatic heterocycles. The number of nitrogens with zero attached hydrogens (tertiary/aromatic N) is 1. The molecule has 0 saturated heterocycles. The molecule has 0 radical (unpaired) electrons. The number of aromatic amines is 1. The summed E-state index contributed by atoms with van der Waals surface area (Å²) in [5.41, 5.74) is 8.64. The van der Waals surface area contributed by atoms with Gasteiger partial charge in [-0.1, -0.05) is 13.3 Å². The molecule has 1 aromatic heterocycles. The molecule has 0 spiro atoms. The van der Waals surface area contributed by atoms with E-state index in [4.69, 9.17) is 19.9 Å². The highest BCUT2D eigenvalue weighted by Gasteiger charge is 2.19. The van der Waals surface area contributed by atoms with Crippen LogP contribution in [0.3, 0.4) is 0 Å². The Hall–Kier alpha value is -2.37. The summed E-state index contributed by atoms with van der Waals surface area (Å²) in [6, 6.07) is 3.66. The number of H-pyrrole nitrogens is 1. The molecule has 0 saturated carbocycles. The summed E-state index contributed by atoms with van der Waals surface area (Å²) in [4.78, 5) is 0. The second-order valence-electron chi connectivity index (χ2n) is 4.62. The summed E-state index contributed by atoms with van der Waals surface area (Å²) >= 11 is 0. The fraction of sp³-hybridized carbons (Fsp3) is 0.400. The minimum absolute atomic E-state index is 0.517. The van der Waals surface area contributed by atoms with Gasteiger partial charge >= 0.3 is 0 Å². The molecular weight excluding hydrogens is 270 g/mol. The van der Waals surface area contributed by atoms with E-state index >= 15 is 0 Å². The number of nitrogen functional groups attached to an aromatic ring is 1. The second kappa shape index (κ2) is 6.39. The molecule has 0 fully saturated rings. The largest absolute Gasteiger partial charge is 0.496 e. The quantitative estimate of drug-likeness (QED) is 0.855. The maximum Gasteiger partial charge on any atom is 0.164 e. The van der Waals surface area contributed by atoms with Gasteiger partial charge in [0.05, 0.1) is 27.0 Å². The third kappa shape index (κ3) is 2.74. The maximum absolute atomic E-state index is 5.94. The van der Waals surface area contributed by atoms with Crippen LogP contribution in [0.4, 0.5) is 5.82 Å². The van der Waals surface area contributed by atoms with Crippen LogP contribution in [-0.4, -0.2) is 31.5 Å². The molecule has 21 heavy (non-hydrogen) atoms. The van der Waals surface area contributed by atoms with Gasteiger partial charge in [-0.2, -0.15) is 5.10 Å². The summed E-state index contributed by atoms with van der Waals surface area (Å²) in [7, 11) is 4.81. The Morgan fingerprint density at radius 3 is 2.24 bits per heavy atom. The first-order chi connectivity index (χ1) is 10.2. The summed E-state index contributed by atoms with van der Waals surface area (Å²) in [5.74, 6) is 2.43. The number of ether oxygens (including phenoxy) is 3. The molecule has 2 aromatic rings. The van der Waals surface area contributed by atoms with Crippen molar-refractivity contribution in [2.45, 2.75) is 19.8 Å². The number of nitrogens with two attached hydrogens (primary N) is 1. The molecule has 114 valence electrons. The minimum atomic E-state index is 0.517. The maximum atomic E-state index is 5.94. The summed E-state index contributed by atoms with van der Waals surface area (Å²) in [6.07, 6.45) is 1.82. The van der Waals surface area contributed by atoms with Gasteiger partial charge in [-0.05, 0) is 12.5 Å². The summed E-state index contributed by atoms with van der Waals surface area (Å²) in [6.45, 7) is 2.10. The van der Waals surface area contributed by atoms with Gasteiger partial charge < -0.3 is 19.9 Å². The van der Waals surface area contributed by atoms with Crippen LogP contribution in [0, 0.1) is 0 Å². The molecule has 0 unspecified atom stereocenters. The molecule has 0 amide bonds. The zero-order valence-electron chi connectivity index (χ0n) is 12.8. The predicted molar refractivity (Wildman–Crippen MR) is 82.1 cm³/mol. The van der Waals surface area contributed by atoms with Gasteiger partial charge in [-0.25, -0.2) is 0 Å². The number of rotatable bonds is 6. The lowest BCUT2D eigenvalue weighted by atomic mass is 10.0. The van der Waals surface area contributed by atoms with Gasteiger partial charge in [0.2, 0.25) is 0 Å². The van der Waals surface area contributed by atoms with Crippen molar-refractivity contribution in [3.8, 4) is 28.5 Å². The Morgan fingerprint density at radius 2 is 1.67 bits per heavy atom. The third-order valence-electron chi connectivity index (χ3n) is 3.37. The fourth-order valence-corrected chi connectivity index (χ4v) is 2.33. The molecule has 6 heteroatoms. The zero-order valence-corrected chi connectivity index (χ0v) is 12.8. The van der Waals surface area contributed by atoms with Crippen molar-refractivity contribution in [1.82, 2.24) is 10.2 Å². The van der Waals surface area contributed by atoms with Crippen LogP contribution in [0.15, 0.2) is 12.1 Å². The van der Waals surface area contributed by atoms with E-state index in [1.807, 2.05) is 6.07 Å². The third-order valence-corrected chi connectivity index (χ3v) is 3.37. The molecule has 6 nitrogen and oxygen atoms in total. The van der Waals surface area contributed by atoms with Gasteiger partial charge in [0.15, 0.2) is 11.5 Å². The Bertz CT molecular complexity index is 623. The van der Waals surface area contributed by atoms with E-state index in [-0.39, 0.29) is 0 Å². The van der Waals surface area contributed by atoms with Crippen molar-refractivity contribution < 1.29 is 14.2 Å². The Morgan fingerprint density at radius 1 is 1.05 bits per heavy atom. The SMILES string of the molecule is CCCc1c(N)n[nH]c1-c1cc(OC)c(OC)cc1OC. The topological polar surface area (TPSA) is 82.4 Å². The van der Waals surface area contributed by atoms with Gasteiger partial charge in [0.25, 0.3) is 0 Å². The van der Waals surface area contributed by atoms with Crippen LogP contribution in [-0.2, 0) is 6.42 Å². The van der Waals surface area contributed by atoms with Crippen LogP contribution in [0.5, 0.6) is 17.2 Å².